The number of amides is 1. The van der Waals surface area contributed by atoms with Gasteiger partial charge in [-0.05, 0) is 18.2 Å². The second kappa shape index (κ2) is 5.88. The van der Waals surface area contributed by atoms with E-state index in [1.807, 2.05) is 30.3 Å². The van der Waals surface area contributed by atoms with Gasteiger partial charge in [-0.2, -0.15) is 4.98 Å². The van der Waals surface area contributed by atoms with Gasteiger partial charge in [-0.3, -0.25) is 4.79 Å². The van der Waals surface area contributed by atoms with Gasteiger partial charge in [0.2, 0.25) is 17.6 Å². The maximum atomic E-state index is 13.4. The maximum absolute atomic E-state index is 13.4. The van der Waals surface area contributed by atoms with E-state index in [0.717, 1.165) is 5.56 Å². The Kier molecular flexibility index (Phi) is 3.57. The highest BCUT2D eigenvalue weighted by Gasteiger charge is 2.35. The molecule has 120 valence electrons. The molecule has 0 radical (unpaired) electrons. The summed E-state index contributed by atoms with van der Waals surface area (Å²) in [4.78, 5) is 18.2. The highest BCUT2D eigenvalue weighted by Crippen LogP contribution is 2.32. The Morgan fingerprint density at radius 2 is 1.96 bits per heavy atom. The van der Waals surface area contributed by atoms with E-state index in [9.17, 15) is 9.18 Å². The summed E-state index contributed by atoms with van der Waals surface area (Å²) in [6, 6.07) is 15.5. The summed E-state index contributed by atoms with van der Waals surface area (Å²) in [7, 11) is 0. The summed E-state index contributed by atoms with van der Waals surface area (Å²) in [5.41, 5.74) is 1.41. The second-order valence-corrected chi connectivity index (χ2v) is 5.71. The third-order valence-corrected chi connectivity index (χ3v) is 4.07. The first-order chi connectivity index (χ1) is 11.7. The quantitative estimate of drug-likeness (QED) is 0.741. The van der Waals surface area contributed by atoms with Crippen molar-refractivity contribution >= 4 is 11.6 Å². The average Bonchev–Trinajstić information content (AvgIpc) is 3.22. The van der Waals surface area contributed by atoms with Crippen LogP contribution in [-0.4, -0.2) is 22.6 Å². The number of nitrogens with zero attached hydrogens (tertiary/aromatic N) is 3. The first-order valence-corrected chi connectivity index (χ1v) is 7.65. The molecule has 2 aromatic carbocycles. The second-order valence-electron chi connectivity index (χ2n) is 5.71. The molecule has 4 rings (SSSR count). The zero-order chi connectivity index (χ0) is 16.5. The molecule has 5 nitrogen and oxygen atoms in total. The summed E-state index contributed by atoms with van der Waals surface area (Å²) in [5, 5.41) is 3.99. The van der Waals surface area contributed by atoms with Crippen molar-refractivity contribution in [2.75, 3.05) is 11.4 Å². The number of anilines is 1. The van der Waals surface area contributed by atoms with Gasteiger partial charge in [0.15, 0.2) is 0 Å². The van der Waals surface area contributed by atoms with Crippen molar-refractivity contribution in [1.82, 2.24) is 10.1 Å². The fraction of sp³-hybridized carbons (Fsp3) is 0.167. The van der Waals surface area contributed by atoms with Gasteiger partial charge in [0.05, 0.1) is 5.92 Å². The molecule has 1 saturated heterocycles. The first kappa shape index (κ1) is 14.6. The Hall–Kier alpha value is -3.02. The molecule has 3 aromatic rings. The van der Waals surface area contributed by atoms with Crippen LogP contribution in [0.2, 0.25) is 0 Å². The lowest BCUT2D eigenvalue weighted by atomic mass is 10.1. The van der Waals surface area contributed by atoms with E-state index in [2.05, 4.69) is 10.1 Å². The van der Waals surface area contributed by atoms with Crippen LogP contribution in [0.15, 0.2) is 59.1 Å². The molecule has 6 heteroatoms. The number of benzene rings is 2. The van der Waals surface area contributed by atoms with Crippen LogP contribution in [0.3, 0.4) is 0 Å². The molecule has 1 amide bonds. The van der Waals surface area contributed by atoms with E-state index >= 15 is 0 Å². The van der Waals surface area contributed by atoms with Crippen LogP contribution in [0.5, 0.6) is 0 Å². The summed E-state index contributed by atoms with van der Waals surface area (Å²) >= 11 is 0. The molecule has 1 atom stereocenters. The van der Waals surface area contributed by atoms with E-state index in [0.29, 0.717) is 23.9 Å². The zero-order valence-corrected chi connectivity index (χ0v) is 12.7. The van der Waals surface area contributed by atoms with Crippen LogP contribution < -0.4 is 4.90 Å². The Labute approximate surface area is 137 Å². The van der Waals surface area contributed by atoms with Crippen LogP contribution in [0.4, 0.5) is 10.1 Å². The first-order valence-electron chi connectivity index (χ1n) is 7.65. The van der Waals surface area contributed by atoms with Crippen molar-refractivity contribution in [2.24, 2.45) is 0 Å². The minimum absolute atomic E-state index is 0.0786. The predicted octanol–water partition coefficient (Wildman–Crippen LogP) is 3.40. The molecular formula is C18H14FN3O2. The largest absolute Gasteiger partial charge is 0.339 e. The molecule has 0 spiro atoms. The average molecular weight is 323 g/mol. The van der Waals surface area contributed by atoms with E-state index in [1.165, 1.54) is 12.1 Å². The van der Waals surface area contributed by atoms with Crippen molar-refractivity contribution in [1.29, 1.82) is 0 Å². The number of hydrogen-bond donors (Lipinski definition) is 0. The lowest BCUT2D eigenvalue weighted by Gasteiger charge is -2.15. The van der Waals surface area contributed by atoms with Crippen molar-refractivity contribution in [3.05, 3.63) is 66.3 Å². The van der Waals surface area contributed by atoms with Gasteiger partial charge in [-0.1, -0.05) is 41.6 Å². The molecule has 24 heavy (non-hydrogen) atoms. The van der Waals surface area contributed by atoms with Gasteiger partial charge in [0.1, 0.15) is 5.82 Å². The lowest BCUT2D eigenvalue weighted by molar-refractivity contribution is -0.117. The molecule has 1 aromatic heterocycles. The summed E-state index contributed by atoms with van der Waals surface area (Å²) in [6.07, 6.45) is 0.271. The van der Waals surface area contributed by atoms with Crippen LogP contribution in [0, 0.1) is 5.82 Å². The minimum Gasteiger partial charge on any atom is -0.339 e. The molecule has 0 aliphatic carbocycles. The van der Waals surface area contributed by atoms with E-state index < -0.39 is 0 Å². The summed E-state index contributed by atoms with van der Waals surface area (Å²) < 4.78 is 18.7. The molecule has 0 bridgehead atoms. The Morgan fingerprint density at radius 1 is 1.12 bits per heavy atom. The van der Waals surface area contributed by atoms with Gasteiger partial charge in [-0.15, -0.1) is 0 Å². The van der Waals surface area contributed by atoms with Crippen molar-refractivity contribution in [3.63, 3.8) is 0 Å². The smallest absolute Gasteiger partial charge is 0.232 e. The Bertz CT molecular complexity index is 879. The number of halogens is 1. The normalized spacial score (nSPS) is 17.5. The lowest BCUT2D eigenvalue weighted by Crippen LogP contribution is -2.24. The molecular weight excluding hydrogens is 309 g/mol. The Morgan fingerprint density at radius 3 is 2.75 bits per heavy atom. The Balaban J connectivity index is 1.56. The number of carbonyl (C=O) groups excluding carboxylic acids is 1. The third-order valence-electron chi connectivity index (χ3n) is 4.07. The highest BCUT2D eigenvalue weighted by molar-refractivity contribution is 5.96. The molecule has 1 fully saturated rings. The van der Waals surface area contributed by atoms with Crippen molar-refractivity contribution < 1.29 is 13.7 Å². The monoisotopic (exact) mass is 323 g/mol. The standard InChI is InChI=1S/C18H14FN3O2/c19-14-7-4-8-15(10-14)22-11-13(9-16(22)23)18-20-17(21-24-18)12-5-2-1-3-6-12/h1-8,10,13H,9,11H2. The van der Waals surface area contributed by atoms with Crippen LogP contribution >= 0.6 is 0 Å². The summed E-state index contributed by atoms with van der Waals surface area (Å²) in [6.45, 7) is 0.401. The minimum atomic E-state index is -0.368. The fourth-order valence-corrected chi connectivity index (χ4v) is 2.87. The van der Waals surface area contributed by atoms with Crippen LogP contribution in [0.25, 0.3) is 11.4 Å². The van der Waals surface area contributed by atoms with E-state index in [-0.39, 0.29) is 24.1 Å². The van der Waals surface area contributed by atoms with E-state index in [4.69, 9.17) is 4.52 Å². The van der Waals surface area contributed by atoms with Gasteiger partial charge in [0, 0.05) is 24.2 Å². The number of carbonyl (C=O) groups is 1. The molecule has 0 saturated carbocycles. The topological polar surface area (TPSA) is 59.2 Å². The number of rotatable bonds is 3. The van der Waals surface area contributed by atoms with Crippen LogP contribution in [-0.2, 0) is 4.79 Å². The van der Waals surface area contributed by atoms with Gasteiger partial charge in [-0.25, -0.2) is 4.39 Å². The zero-order valence-electron chi connectivity index (χ0n) is 12.7. The van der Waals surface area contributed by atoms with Crippen molar-refractivity contribution in [2.45, 2.75) is 12.3 Å². The van der Waals surface area contributed by atoms with Crippen molar-refractivity contribution in [3.8, 4) is 11.4 Å². The van der Waals surface area contributed by atoms with E-state index in [1.54, 1.807) is 17.0 Å². The summed E-state index contributed by atoms with van der Waals surface area (Å²) in [5.74, 6) is 0.298. The predicted molar refractivity (Wildman–Crippen MR) is 85.8 cm³/mol. The highest BCUT2D eigenvalue weighted by atomic mass is 19.1. The fourth-order valence-electron chi connectivity index (χ4n) is 2.87. The molecule has 1 aliphatic rings. The van der Waals surface area contributed by atoms with Gasteiger partial charge < -0.3 is 9.42 Å². The van der Waals surface area contributed by atoms with Gasteiger partial charge in [0.25, 0.3) is 0 Å². The van der Waals surface area contributed by atoms with Crippen LogP contribution in [0.1, 0.15) is 18.2 Å². The SMILES string of the molecule is O=C1CC(c2nc(-c3ccccc3)no2)CN1c1cccc(F)c1. The molecule has 1 aliphatic heterocycles. The number of aromatic nitrogens is 2. The number of hydrogen-bond acceptors (Lipinski definition) is 4. The molecule has 0 N–H and O–H groups in total. The molecule has 1 unspecified atom stereocenters. The third kappa shape index (κ3) is 2.67. The molecule has 2 heterocycles. The maximum Gasteiger partial charge on any atom is 0.232 e. The van der Waals surface area contributed by atoms with Gasteiger partial charge >= 0.3 is 0 Å².